The Bertz CT molecular complexity index is 811. The van der Waals surface area contributed by atoms with Crippen molar-refractivity contribution < 1.29 is 39.1 Å². The van der Waals surface area contributed by atoms with E-state index in [0.29, 0.717) is 17.2 Å². The summed E-state index contributed by atoms with van der Waals surface area (Å²) in [5, 5.41) is 30.5. The van der Waals surface area contributed by atoms with Gasteiger partial charge in [-0.1, -0.05) is 0 Å². The second kappa shape index (κ2) is 7.97. The molecule has 9 heteroatoms. The number of hydrogen-bond donors (Lipinski definition) is 4. The molecule has 0 spiro atoms. The first kappa shape index (κ1) is 18.7. The number of benzene rings is 2. The van der Waals surface area contributed by atoms with E-state index in [1.165, 1.54) is 20.3 Å². The Morgan fingerprint density at radius 3 is 2.23 bits per heavy atom. The average Bonchev–Trinajstić information content (AvgIpc) is 2.63. The van der Waals surface area contributed by atoms with Crippen molar-refractivity contribution in [1.82, 2.24) is 0 Å². The molecule has 1 amide bonds. The molecule has 26 heavy (non-hydrogen) atoms. The molecule has 0 aliphatic heterocycles. The van der Waals surface area contributed by atoms with Gasteiger partial charge in [0.2, 0.25) is 0 Å². The minimum Gasteiger partial charge on any atom is -0.504 e. The zero-order valence-corrected chi connectivity index (χ0v) is 14.0. The van der Waals surface area contributed by atoms with Crippen molar-refractivity contribution in [1.29, 1.82) is 0 Å². The summed E-state index contributed by atoms with van der Waals surface area (Å²) in [5.74, 6) is -2.87. The first-order valence-electron chi connectivity index (χ1n) is 7.29. The number of esters is 1. The highest BCUT2D eigenvalue weighted by molar-refractivity contribution is 5.97. The summed E-state index contributed by atoms with van der Waals surface area (Å²) in [7, 11) is 2.90. The van der Waals surface area contributed by atoms with E-state index in [9.17, 15) is 24.9 Å². The molecule has 0 radical (unpaired) electrons. The van der Waals surface area contributed by atoms with E-state index in [1.54, 1.807) is 12.1 Å². The van der Waals surface area contributed by atoms with Gasteiger partial charge in [-0.3, -0.25) is 4.79 Å². The van der Waals surface area contributed by atoms with Crippen LogP contribution < -0.4 is 14.8 Å². The maximum Gasteiger partial charge on any atom is 0.338 e. The Kier molecular flexibility index (Phi) is 5.74. The van der Waals surface area contributed by atoms with Gasteiger partial charge in [-0.25, -0.2) is 4.79 Å². The van der Waals surface area contributed by atoms with Gasteiger partial charge < -0.3 is 34.8 Å². The molecule has 2 aromatic carbocycles. The van der Waals surface area contributed by atoms with Crippen molar-refractivity contribution in [2.24, 2.45) is 0 Å². The molecule has 0 saturated carbocycles. The van der Waals surface area contributed by atoms with Gasteiger partial charge in [0, 0.05) is 6.07 Å². The fourth-order valence-electron chi connectivity index (χ4n) is 2.03. The van der Waals surface area contributed by atoms with E-state index in [-0.39, 0.29) is 5.56 Å². The Morgan fingerprint density at radius 1 is 1.00 bits per heavy atom. The maximum atomic E-state index is 12.0. The van der Waals surface area contributed by atoms with E-state index in [1.807, 2.05) is 0 Å². The van der Waals surface area contributed by atoms with Gasteiger partial charge in [0.05, 0.1) is 25.5 Å². The van der Waals surface area contributed by atoms with Crippen LogP contribution in [0.5, 0.6) is 28.7 Å². The van der Waals surface area contributed by atoms with Crippen LogP contribution in [-0.4, -0.2) is 48.0 Å². The quantitative estimate of drug-likeness (QED) is 0.449. The van der Waals surface area contributed by atoms with Crippen molar-refractivity contribution in [3.05, 3.63) is 35.9 Å². The van der Waals surface area contributed by atoms with Crippen LogP contribution in [-0.2, 0) is 9.53 Å². The monoisotopic (exact) mass is 363 g/mol. The third kappa shape index (κ3) is 4.26. The van der Waals surface area contributed by atoms with Crippen LogP contribution in [0.3, 0.4) is 0 Å². The SMILES string of the molecule is COc1ccc(OC)c(NC(=O)COC(=O)c2cc(O)c(O)c(O)c2)c1. The zero-order chi connectivity index (χ0) is 19.3. The number of phenols is 3. The smallest absolute Gasteiger partial charge is 0.338 e. The second-order valence-corrected chi connectivity index (χ2v) is 5.05. The third-order valence-electron chi connectivity index (χ3n) is 3.32. The van der Waals surface area contributed by atoms with Crippen LogP contribution in [0.2, 0.25) is 0 Å². The molecule has 4 N–H and O–H groups in total. The first-order valence-corrected chi connectivity index (χ1v) is 7.29. The molecule has 0 bridgehead atoms. The van der Waals surface area contributed by atoms with Crippen LogP contribution in [0, 0.1) is 0 Å². The molecule has 0 heterocycles. The van der Waals surface area contributed by atoms with Gasteiger partial charge in [0.1, 0.15) is 11.5 Å². The Balaban J connectivity index is 2.02. The molecule has 0 unspecified atom stereocenters. The van der Waals surface area contributed by atoms with Crippen molar-refractivity contribution >= 4 is 17.6 Å². The lowest BCUT2D eigenvalue weighted by Crippen LogP contribution is -2.21. The van der Waals surface area contributed by atoms with Crippen LogP contribution in [0.15, 0.2) is 30.3 Å². The molecule has 138 valence electrons. The Labute approximate surface area is 148 Å². The van der Waals surface area contributed by atoms with Crippen molar-refractivity contribution in [2.45, 2.75) is 0 Å². The van der Waals surface area contributed by atoms with Crippen LogP contribution in [0.25, 0.3) is 0 Å². The number of anilines is 1. The fraction of sp³-hybridized carbons (Fsp3) is 0.176. The zero-order valence-electron chi connectivity index (χ0n) is 14.0. The maximum absolute atomic E-state index is 12.0. The van der Waals surface area contributed by atoms with E-state index in [2.05, 4.69) is 5.32 Å². The number of phenolic OH excluding ortho intramolecular Hbond substituents is 3. The summed E-state index contributed by atoms with van der Waals surface area (Å²) in [6.07, 6.45) is 0. The molecule has 2 aromatic rings. The number of methoxy groups -OCH3 is 2. The molecule has 0 saturated heterocycles. The summed E-state index contributed by atoms with van der Waals surface area (Å²) in [6, 6.07) is 6.59. The molecule has 2 rings (SSSR count). The lowest BCUT2D eigenvalue weighted by Gasteiger charge is -2.12. The van der Waals surface area contributed by atoms with Gasteiger partial charge in [-0.05, 0) is 24.3 Å². The first-order chi connectivity index (χ1) is 12.3. The minimum absolute atomic E-state index is 0.232. The van der Waals surface area contributed by atoms with E-state index >= 15 is 0 Å². The topological polar surface area (TPSA) is 135 Å². The fourth-order valence-corrected chi connectivity index (χ4v) is 2.03. The summed E-state index contributed by atoms with van der Waals surface area (Å²) in [6.45, 7) is -0.623. The summed E-state index contributed by atoms with van der Waals surface area (Å²) >= 11 is 0. The van der Waals surface area contributed by atoms with E-state index < -0.39 is 35.7 Å². The summed E-state index contributed by atoms with van der Waals surface area (Å²) in [5.41, 5.74) is 0.0948. The highest BCUT2D eigenvalue weighted by Gasteiger charge is 2.16. The molecule has 0 aliphatic carbocycles. The second-order valence-electron chi connectivity index (χ2n) is 5.05. The summed E-state index contributed by atoms with van der Waals surface area (Å²) in [4.78, 5) is 23.9. The van der Waals surface area contributed by atoms with Gasteiger partial charge >= 0.3 is 5.97 Å². The lowest BCUT2D eigenvalue weighted by molar-refractivity contribution is -0.119. The number of nitrogens with one attached hydrogen (secondary N) is 1. The molecule has 0 atom stereocenters. The number of aromatic hydroxyl groups is 3. The largest absolute Gasteiger partial charge is 0.504 e. The van der Waals surface area contributed by atoms with Crippen molar-refractivity contribution in [3.8, 4) is 28.7 Å². The molecule has 0 aromatic heterocycles. The van der Waals surface area contributed by atoms with Crippen LogP contribution in [0.4, 0.5) is 5.69 Å². The Hall–Kier alpha value is -3.62. The Morgan fingerprint density at radius 2 is 1.65 bits per heavy atom. The molecule has 0 aliphatic rings. The summed E-state index contributed by atoms with van der Waals surface area (Å²) < 4.78 is 15.0. The van der Waals surface area contributed by atoms with Crippen molar-refractivity contribution in [2.75, 3.05) is 26.1 Å². The number of amides is 1. The highest BCUT2D eigenvalue weighted by Crippen LogP contribution is 2.35. The highest BCUT2D eigenvalue weighted by atomic mass is 16.5. The van der Waals surface area contributed by atoms with E-state index in [4.69, 9.17) is 14.2 Å². The van der Waals surface area contributed by atoms with Gasteiger partial charge in [0.25, 0.3) is 5.91 Å². The normalized spacial score (nSPS) is 10.1. The number of ether oxygens (including phenoxy) is 3. The van der Waals surface area contributed by atoms with Crippen LogP contribution in [0.1, 0.15) is 10.4 Å². The van der Waals surface area contributed by atoms with Gasteiger partial charge in [-0.2, -0.15) is 0 Å². The number of carbonyl (C=O) groups is 2. The molecule has 0 fully saturated rings. The predicted octanol–water partition coefficient (Wildman–Crippen LogP) is 1.62. The number of carbonyl (C=O) groups excluding carboxylic acids is 2. The standard InChI is InChI=1S/C17H17NO8/c1-24-10-3-4-14(25-2)11(7-10)18-15(21)8-26-17(23)9-5-12(19)16(22)13(20)6-9/h3-7,19-20,22H,8H2,1-2H3,(H,18,21). The van der Waals surface area contributed by atoms with Crippen molar-refractivity contribution in [3.63, 3.8) is 0 Å². The average molecular weight is 363 g/mol. The molecular formula is C17H17NO8. The molecule has 9 nitrogen and oxygen atoms in total. The lowest BCUT2D eigenvalue weighted by atomic mass is 10.2. The molecular weight excluding hydrogens is 346 g/mol. The van der Waals surface area contributed by atoms with Gasteiger partial charge in [-0.15, -0.1) is 0 Å². The number of rotatable bonds is 6. The third-order valence-corrected chi connectivity index (χ3v) is 3.32. The van der Waals surface area contributed by atoms with Gasteiger partial charge in [0.15, 0.2) is 23.9 Å². The number of hydrogen-bond acceptors (Lipinski definition) is 8. The van der Waals surface area contributed by atoms with Crippen LogP contribution >= 0.6 is 0 Å². The predicted molar refractivity (Wildman–Crippen MR) is 89.9 cm³/mol. The van der Waals surface area contributed by atoms with E-state index in [0.717, 1.165) is 12.1 Å². The minimum atomic E-state index is -0.969.